The van der Waals surface area contributed by atoms with Crippen LogP contribution in [0.25, 0.3) is 10.7 Å². The highest BCUT2D eigenvalue weighted by Gasteiger charge is 2.18. The summed E-state index contributed by atoms with van der Waals surface area (Å²) in [5, 5.41) is 0.529. The predicted molar refractivity (Wildman–Crippen MR) is 73.1 cm³/mol. The predicted octanol–water partition coefficient (Wildman–Crippen LogP) is 3.49. The molecule has 0 radical (unpaired) electrons. The van der Waals surface area contributed by atoms with Gasteiger partial charge >= 0.3 is 0 Å². The summed E-state index contributed by atoms with van der Waals surface area (Å²) in [6.45, 7) is 3.39. The number of fused-ring (bicyclic) bond motifs is 1. The molecule has 0 aliphatic carbocycles. The summed E-state index contributed by atoms with van der Waals surface area (Å²) in [4.78, 5) is 11.4. The highest BCUT2D eigenvalue weighted by Crippen LogP contribution is 2.30. The van der Waals surface area contributed by atoms with Crippen molar-refractivity contribution in [2.24, 2.45) is 0 Å². The largest absolute Gasteiger partial charge is 0.376 e. The lowest BCUT2D eigenvalue weighted by atomic mass is 10.1. The van der Waals surface area contributed by atoms with Crippen molar-refractivity contribution in [3.05, 3.63) is 33.4 Å². The van der Waals surface area contributed by atoms with Crippen LogP contribution in [0.2, 0.25) is 5.15 Å². The van der Waals surface area contributed by atoms with Crippen LogP contribution in [0.15, 0.2) is 12.1 Å². The van der Waals surface area contributed by atoms with Gasteiger partial charge in [0.2, 0.25) is 0 Å². The van der Waals surface area contributed by atoms with E-state index < -0.39 is 0 Å². The minimum absolute atomic E-state index is 0.527. The Bertz CT molecular complexity index is 582. The molecule has 18 heavy (non-hydrogen) atoms. The number of hydrogen-bond donors (Lipinski definition) is 0. The van der Waals surface area contributed by atoms with Crippen molar-refractivity contribution in [1.82, 2.24) is 9.97 Å². The normalized spacial score (nSPS) is 14.6. The Morgan fingerprint density at radius 3 is 3.06 bits per heavy atom. The van der Waals surface area contributed by atoms with E-state index in [0.717, 1.165) is 34.8 Å². The molecule has 3 nitrogen and oxygen atoms in total. The van der Waals surface area contributed by atoms with E-state index in [1.165, 1.54) is 4.88 Å². The third-order valence-corrected chi connectivity index (χ3v) is 4.54. The Hall–Kier alpha value is -0.970. The number of hydrogen-bond acceptors (Lipinski definition) is 4. The number of thiophene rings is 1. The number of aryl methyl sites for hydroxylation is 1. The topological polar surface area (TPSA) is 35.0 Å². The number of ether oxygens (including phenoxy) is 1. The first-order valence-electron chi connectivity index (χ1n) is 6.00. The Balaban J connectivity index is 2.04. The number of rotatable bonds is 2. The van der Waals surface area contributed by atoms with Crippen LogP contribution in [0, 0.1) is 0 Å². The number of aromatic nitrogens is 2. The van der Waals surface area contributed by atoms with Crippen molar-refractivity contribution in [3.63, 3.8) is 0 Å². The molecule has 0 unspecified atom stereocenters. The van der Waals surface area contributed by atoms with E-state index in [-0.39, 0.29) is 0 Å². The number of nitrogens with zero attached hydrogens (tertiary/aromatic N) is 2. The summed E-state index contributed by atoms with van der Waals surface area (Å²) in [6, 6.07) is 4.20. The minimum Gasteiger partial charge on any atom is -0.376 e. The maximum Gasteiger partial charge on any atom is 0.171 e. The molecule has 0 aromatic carbocycles. The Morgan fingerprint density at radius 2 is 2.28 bits per heavy atom. The highest BCUT2D eigenvalue weighted by atomic mass is 35.5. The van der Waals surface area contributed by atoms with Gasteiger partial charge in [-0.3, -0.25) is 0 Å². The molecule has 2 aromatic heterocycles. The molecule has 0 saturated heterocycles. The van der Waals surface area contributed by atoms with Crippen molar-refractivity contribution in [1.29, 1.82) is 0 Å². The molecule has 0 amide bonds. The van der Waals surface area contributed by atoms with Crippen LogP contribution >= 0.6 is 22.9 Å². The second kappa shape index (κ2) is 4.96. The molecule has 1 aliphatic heterocycles. The van der Waals surface area contributed by atoms with Gasteiger partial charge in [0.05, 0.1) is 23.8 Å². The van der Waals surface area contributed by atoms with Gasteiger partial charge < -0.3 is 4.74 Å². The van der Waals surface area contributed by atoms with Crippen LogP contribution in [0.3, 0.4) is 0 Å². The molecule has 0 saturated carbocycles. The molecule has 94 valence electrons. The van der Waals surface area contributed by atoms with Gasteiger partial charge in [0.25, 0.3) is 0 Å². The van der Waals surface area contributed by atoms with Gasteiger partial charge in [0, 0.05) is 16.9 Å². The van der Waals surface area contributed by atoms with Crippen LogP contribution in [0.4, 0.5) is 0 Å². The number of halogens is 1. The Morgan fingerprint density at radius 1 is 1.39 bits per heavy atom. The molecule has 0 fully saturated rings. The molecule has 0 N–H and O–H groups in total. The molecule has 0 atom stereocenters. The maximum atomic E-state index is 6.21. The fraction of sp³-hybridized carbons (Fsp3) is 0.385. The first-order chi connectivity index (χ1) is 8.78. The third-order valence-electron chi connectivity index (χ3n) is 3.00. The SMILES string of the molecule is CCc1ccc(-c2nc(Cl)c3c(n2)CCOC3)s1. The Labute approximate surface area is 115 Å². The summed E-state index contributed by atoms with van der Waals surface area (Å²) in [6.07, 6.45) is 1.85. The molecule has 3 heterocycles. The molecule has 1 aliphatic rings. The lowest BCUT2D eigenvalue weighted by molar-refractivity contribution is 0.109. The smallest absolute Gasteiger partial charge is 0.171 e. The fourth-order valence-electron chi connectivity index (χ4n) is 1.99. The van der Waals surface area contributed by atoms with E-state index in [1.54, 1.807) is 11.3 Å². The van der Waals surface area contributed by atoms with E-state index in [4.69, 9.17) is 16.3 Å². The monoisotopic (exact) mass is 280 g/mol. The minimum atomic E-state index is 0.527. The zero-order valence-corrected chi connectivity index (χ0v) is 11.6. The van der Waals surface area contributed by atoms with Gasteiger partial charge in [0.1, 0.15) is 5.15 Å². The summed E-state index contributed by atoms with van der Waals surface area (Å²) in [5.41, 5.74) is 1.97. The average Bonchev–Trinajstić information content (AvgIpc) is 2.87. The Kier molecular flexibility index (Phi) is 3.33. The first kappa shape index (κ1) is 12.1. The van der Waals surface area contributed by atoms with E-state index in [2.05, 4.69) is 29.0 Å². The van der Waals surface area contributed by atoms with E-state index in [9.17, 15) is 0 Å². The van der Waals surface area contributed by atoms with Crippen LogP contribution in [0.5, 0.6) is 0 Å². The van der Waals surface area contributed by atoms with Gasteiger partial charge in [-0.25, -0.2) is 9.97 Å². The molecule has 2 aromatic rings. The van der Waals surface area contributed by atoms with Gasteiger partial charge in [0.15, 0.2) is 5.82 Å². The standard InChI is InChI=1S/C13H13ClN2OS/c1-2-8-3-4-11(18-8)13-15-10-5-6-17-7-9(10)12(14)16-13/h3-4H,2,5-7H2,1H3. The summed E-state index contributed by atoms with van der Waals surface area (Å²) < 4.78 is 5.38. The lowest BCUT2D eigenvalue weighted by Gasteiger charge is -2.16. The molecule has 0 spiro atoms. The second-order valence-corrected chi connectivity index (χ2v) is 5.71. The molecular weight excluding hydrogens is 268 g/mol. The fourth-order valence-corrected chi connectivity index (χ4v) is 3.12. The van der Waals surface area contributed by atoms with Crippen LogP contribution in [0.1, 0.15) is 23.1 Å². The molecular formula is C13H13ClN2OS. The average molecular weight is 281 g/mol. The zero-order valence-electron chi connectivity index (χ0n) is 10.1. The van der Waals surface area contributed by atoms with Crippen LogP contribution in [-0.4, -0.2) is 16.6 Å². The van der Waals surface area contributed by atoms with E-state index in [1.807, 2.05) is 0 Å². The van der Waals surface area contributed by atoms with Crippen LogP contribution < -0.4 is 0 Å². The lowest BCUT2D eigenvalue weighted by Crippen LogP contribution is -2.13. The first-order valence-corrected chi connectivity index (χ1v) is 7.19. The van der Waals surface area contributed by atoms with Crippen molar-refractivity contribution < 1.29 is 4.74 Å². The second-order valence-electron chi connectivity index (χ2n) is 4.19. The van der Waals surface area contributed by atoms with Gasteiger partial charge in [-0.1, -0.05) is 18.5 Å². The zero-order chi connectivity index (χ0) is 12.5. The van der Waals surface area contributed by atoms with Gasteiger partial charge in [-0.05, 0) is 18.6 Å². The molecule has 5 heteroatoms. The highest BCUT2D eigenvalue weighted by molar-refractivity contribution is 7.15. The van der Waals surface area contributed by atoms with Crippen molar-refractivity contribution in [2.45, 2.75) is 26.4 Å². The summed E-state index contributed by atoms with van der Waals surface area (Å²) >= 11 is 7.94. The van der Waals surface area contributed by atoms with Crippen molar-refractivity contribution >= 4 is 22.9 Å². The summed E-state index contributed by atoms with van der Waals surface area (Å²) in [5.74, 6) is 0.741. The van der Waals surface area contributed by atoms with Crippen molar-refractivity contribution in [3.8, 4) is 10.7 Å². The molecule has 0 bridgehead atoms. The van der Waals surface area contributed by atoms with Gasteiger partial charge in [-0.2, -0.15) is 0 Å². The third kappa shape index (κ3) is 2.16. The van der Waals surface area contributed by atoms with E-state index in [0.29, 0.717) is 18.4 Å². The summed E-state index contributed by atoms with van der Waals surface area (Å²) in [7, 11) is 0. The van der Waals surface area contributed by atoms with E-state index >= 15 is 0 Å². The molecule has 3 rings (SSSR count). The quantitative estimate of drug-likeness (QED) is 0.790. The van der Waals surface area contributed by atoms with Gasteiger partial charge in [-0.15, -0.1) is 11.3 Å². The maximum absolute atomic E-state index is 6.21. The van der Waals surface area contributed by atoms with Crippen LogP contribution in [-0.2, 0) is 24.2 Å². The van der Waals surface area contributed by atoms with Crippen molar-refractivity contribution in [2.75, 3.05) is 6.61 Å².